The molecule has 9 heteroatoms. The summed E-state index contributed by atoms with van der Waals surface area (Å²) in [5.41, 5.74) is 3.10. The molecule has 2 N–H and O–H groups in total. The van der Waals surface area contributed by atoms with E-state index < -0.39 is 6.23 Å². The van der Waals surface area contributed by atoms with Gasteiger partial charge in [-0.1, -0.05) is 33.8 Å². The van der Waals surface area contributed by atoms with E-state index in [-0.39, 0.29) is 36.3 Å². The summed E-state index contributed by atoms with van der Waals surface area (Å²) < 4.78 is 21.3. The second-order valence-corrected chi connectivity index (χ2v) is 9.79. The molecule has 0 saturated heterocycles. The molecule has 0 bridgehead atoms. The number of nitrogens with zero attached hydrogens (tertiary/aromatic N) is 1. The van der Waals surface area contributed by atoms with E-state index in [9.17, 15) is 14.7 Å². The molecule has 9 nitrogen and oxygen atoms in total. The highest BCUT2D eigenvalue weighted by molar-refractivity contribution is 5.78. The molecule has 1 atom stereocenters. The van der Waals surface area contributed by atoms with E-state index in [4.69, 9.17) is 18.9 Å². The molecule has 0 amide bonds. The fraction of sp³-hybridized carbons (Fsp3) is 0.500. The van der Waals surface area contributed by atoms with E-state index in [2.05, 4.69) is 5.32 Å². The Labute approximate surface area is 218 Å². The molecule has 2 aliphatic heterocycles. The molecule has 37 heavy (non-hydrogen) atoms. The van der Waals surface area contributed by atoms with Crippen LogP contribution in [-0.4, -0.2) is 55.9 Å². The number of ether oxygens (including phenoxy) is 4. The Bertz CT molecular complexity index is 1100. The summed E-state index contributed by atoms with van der Waals surface area (Å²) >= 11 is 0. The highest BCUT2D eigenvalue weighted by atomic mass is 16.7. The molecule has 2 aromatic carbocycles. The van der Waals surface area contributed by atoms with Crippen molar-refractivity contribution in [3.05, 3.63) is 47.0 Å². The highest BCUT2D eigenvalue weighted by Crippen LogP contribution is 2.39. The maximum Gasteiger partial charge on any atom is 0.313 e. The number of esters is 2. The van der Waals surface area contributed by atoms with E-state index >= 15 is 0 Å². The largest absolute Gasteiger partial charge is 0.454 e. The molecule has 0 radical (unpaired) electrons. The topological polar surface area (TPSA) is 107 Å². The van der Waals surface area contributed by atoms with Crippen LogP contribution in [0.15, 0.2) is 30.3 Å². The number of fused-ring (bicyclic) bond motifs is 2. The second-order valence-electron chi connectivity index (χ2n) is 9.79. The Hall–Kier alpha value is -3.14. The number of hydrogen-bond donors (Lipinski definition) is 2. The molecule has 0 fully saturated rings. The lowest BCUT2D eigenvalue weighted by Gasteiger charge is -2.30. The molecular weight excluding hydrogens is 476 g/mol. The van der Waals surface area contributed by atoms with Crippen LogP contribution in [0.3, 0.4) is 0 Å². The molecule has 0 aliphatic carbocycles. The van der Waals surface area contributed by atoms with Crippen molar-refractivity contribution in [2.24, 2.45) is 11.8 Å². The number of benzene rings is 2. The van der Waals surface area contributed by atoms with Crippen LogP contribution in [0.2, 0.25) is 0 Å². The number of carbonyl (C=O) groups excluding carboxylic acids is 2. The number of aliphatic hydroxyl groups is 1. The SMILES string of the molecule is CN1CCc2cc3c(cc2C1O)OCO3.CNCCc1ccc(OC(=O)C(C)C)c(OC(=O)C(C)C)c1. The lowest BCUT2D eigenvalue weighted by molar-refractivity contribution is -0.140. The van der Waals surface area contributed by atoms with Crippen molar-refractivity contribution in [1.29, 1.82) is 0 Å². The summed E-state index contributed by atoms with van der Waals surface area (Å²) in [6, 6.07) is 9.16. The Kier molecular flexibility index (Phi) is 9.91. The summed E-state index contributed by atoms with van der Waals surface area (Å²) in [6.45, 7) is 8.98. The van der Waals surface area contributed by atoms with Gasteiger partial charge in [-0.05, 0) is 68.9 Å². The van der Waals surface area contributed by atoms with Crippen molar-refractivity contribution < 1.29 is 33.6 Å². The van der Waals surface area contributed by atoms with Crippen LogP contribution in [0, 0.1) is 11.8 Å². The van der Waals surface area contributed by atoms with Crippen LogP contribution < -0.4 is 24.3 Å². The number of rotatable bonds is 7. The van der Waals surface area contributed by atoms with Gasteiger partial charge in [0.2, 0.25) is 6.79 Å². The van der Waals surface area contributed by atoms with Gasteiger partial charge in [-0.3, -0.25) is 14.5 Å². The Morgan fingerprint density at radius 1 is 1.03 bits per heavy atom. The minimum absolute atomic E-state index is 0.252. The first kappa shape index (κ1) is 28.4. The molecule has 1 unspecified atom stereocenters. The average molecular weight is 515 g/mol. The minimum atomic E-state index is -0.525. The zero-order valence-corrected chi connectivity index (χ0v) is 22.5. The van der Waals surface area contributed by atoms with E-state index in [1.54, 1.807) is 39.8 Å². The van der Waals surface area contributed by atoms with Gasteiger partial charge in [-0.15, -0.1) is 0 Å². The molecule has 202 valence electrons. The van der Waals surface area contributed by atoms with E-state index in [1.165, 1.54) is 0 Å². The first-order valence-electron chi connectivity index (χ1n) is 12.6. The predicted molar refractivity (Wildman–Crippen MR) is 139 cm³/mol. The summed E-state index contributed by atoms with van der Waals surface area (Å²) in [5, 5.41) is 13.1. The molecular formula is C28H38N2O7. The summed E-state index contributed by atoms with van der Waals surface area (Å²) in [6.07, 6.45) is 1.21. The monoisotopic (exact) mass is 514 g/mol. The van der Waals surface area contributed by atoms with Gasteiger partial charge in [0, 0.05) is 12.1 Å². The first-order chi connectivity index (χ1) is 17.6. The number of aliphatic hydroxyl groups excluding tert-OH is 1. The fourth-order valence-corrected chi connectivity index (χ4v) is 3.71. The molecule has 4 rings (SSSR count). The Morgan fingerprint density at radius 3 is 2.27 bits per heavy atom. The van der Waals surface area contributed by atoms with E-state index in [0.29, 0.717) is 5.75 Å². The van der Waals surface area contributed by atoms with Crippen molar-refractivity contribution in [3.63, 3.8) is 0 Å². The van der Waals surface area contributed by atoms with Crippen LogP contribution >= 0.6 is 0 Å². The van der Waals surface area contributed by atoms with Gasteiger partial charge in [-0.2, -0.15) is 0 Å². The number of hydrogen-bond acceptors (Lipinski definition) is 9. The number of likely N-dealkylation sites (N-methyl/N-ethyl adjacent to an activating group) is 2. The third-order valence-electron chi connectivity index (χ3n) is 6.10. The lowest BCUT2D eigenvalue weighted by Crippen LogP contribution is -2.31. The molecule has 2 aromatic rings. The summed E-state index contributed by atoms with van der Waals surface area (Å²) in [4.78, 5) is 25.5. The minimum Gasteiger partial charge on any atom is -0.454 e. The van der Waals surface area contributed by atoms with Crippen molar-refractivity contribution in [1.82, 2.24) is 10.2 Å². The van der Waals surface area contributed by atoms with Gasteiger partial charge in [0.05, 0.1) is 11.8 Å². The second kappa shape index (κ2) is 12.9. The van der Waals surface area contributed by atoms with Crippen LogP contribution in [0.1, 0.15) is 50.6 Å². The van der Waals surface area contributed by atoms with Gasteiger partial charge in [0.1, 0.15) is 6.23 Å². The van der Waals surface area contributed by atoms with Crippen molar-refractivity contribution in [2.45, 2.75) is 46.8 Å². The maximum atomic E-state index is 11.8. The highest BCUT2D eigenvalue weighted by Gasteiger charge is 2.26. The maximum absolute atomic E-state index is 11.8. The number of carbonyl (C=O) groups is 2. The van der Waals surface area contributed by atoms with Crippen LogP contribution in [0.4, 0.5) is 0 Å². The first-order valence-corrected chi connectivity index (χ1v) is 12.6. The van der Waals surface area contributed by atoms with Gasteiger partial charge < -0.3 is 29.4 Å². The molecule has 0 spiro atoms. The third-order valence-corrected chi connectivity index (χ3v) is 6.10. The smallest absolute Gasteiger partial charge is 0.313 e. The van der Waals surface area contributed by atoms with Crippen LogP contribution in [-0.2, 0) is 22.4 Å². The van der Waals surface area contributed by atoms with Crippen molar-refractivity contribution >= 4 is 11.9 Å². The van der Waals surface area contributed by atoms with Crippen LogP contribution in [0.25, 0.3) is 0 Å². The molecule has 0 aromatic heterocycles. The molecule has 2 aliphatic rings. The van der Waals surface area contributed by atoms with E-state index in [0.717, 1.165) is 54.1 Å². The lowest BCUT2D eigenvalue weighted by atomic mass is 9.98. The zero-order valence-electron chi connectivity index (χ0n) is 22.5. The van der Waals surface area contributed by atoms with Gasteiger partial charge in [-0.25, -0.2) is 0 Å². The fourth-order valence-electron chi connectivity index (χ4n) is 3.71. The Balaban J connectivity index is 0.000000218. The van der Waals surface area contributed by atoms with Crippen LogP contribution in [0.5, 0.6) is 23.0 Å². The summed E-state index contributed by atoms with van der Waals surface area (Å²) in [5.74, 6) is 0.889. The van der Waals surface area contributed by atoms with Crippen molar-refractivity contribution in [3.8, 4) is 23.0 Å². The van der Waals surface area contributed by atoms with E-state index in [1.807, 2.05) is 37.2 Å². The normalized spacial score (nSPS) is 16.2. The van der Waals surface area contributed by atoms with Crippen molar-refractivity contribution in [2.75, 3.05) is 34.0 Å². The third kappa shape index (κ3) is 7.44. The quantitative estimate of drug-likeness (QED) is 0.424. The van der Waals surface area contributed by atoms with Gasteiger partial charge in [0.15, 0.2) is 23.0 Å². The zero-order chi connectivity index (χ0) is 27.1. The summed E-state index contributed by atoms with van der Waals surface area (Å²) in [7, 11) is 3.79. The number of nitrogens with one attached hydrogen (secondary N) is 1. The molecule has 2 heterocycles. The standard InChI is InChI=1S/C17H25NO4.C11H13NO3/c1-11(2)16(19)21-14-7-6-13(8-9-18-5)10-15(14)22-17(20)12(3)4;1-12-3-2-7-4-9-10(15-6-14-9)5-8(7)11(12)13/h6-7,10-12,18H,8-9H2,1-5H3;4-5,11,13H,2-3,6H2,1H3. The Morgan fingerprint density at radius 2 is 1.65 bits per heavy atom. The average Bonchev–Trinajstić information content (AvgIpc) is 3.33. The molecule has 0 saturated carbocycles. The van der Waals surface area contributed by atoms with Gasteiger partial charge in [0.25, 0.3) is 0 Å². The predicted octanol–water partition coefficient (Wildman–Crippen LogP) is 3.47. The van der Waals surface area contributed by atoms with Gasteiger partial charge >= 0.3 is 11.9 Å².